The van der Waals surface area contributed by atoms with Gasteiger partial charge in [0.15, 0.2) is 24.9 Å². The van der Waals surface area contributed by atoms with Gasteiger partial charge in [-0.15, -0.1) is 5.10 Å². The lowest BCUT2D eigenvalue weighted by atomic mass is 9.58. The second kappa shape index (κ2) is 9.92. The van der Waals surface area contributed by atoms with E-state index in [0.717, 1.165) is 36.8 Å². The molecule has 6 heterocycles. The van der Waals surface area contributed by atoms with Crippen molar-refractivity contribution in [2.45, 2.75) is 83.6 Å². The lowest BCUT2D eigenvalue weighted by Gasteiger charge is -2.60. The fourth-order valence-electron chi connectivity index (χ4n) is 7.20. The predicted octanol–water partition coefficient (Wildman–Crippen LogP) is 4.19. The summed E-state index contributed by atoms with van der Waals surface area (Å²) in [5.74, 6) is 0.802. The highest BCUT2D eigenvalue weighted by Crippen LogP contribution is 2.60. The summed E-state index contributed by atoms with van der Waals surface area (Å²) < 4.78 is 31.9. The third-order valence-corrected chi connectivity index (χ3v) is 9.29. The zero-order valence-corrected chi connectivity index (χ0v) is 23.0. The number of fused-ring (bicyclic) bond motifs is 3. The summed E-state index contributed by atoms with van der Waals surface area (Å²) in [6.07, 6.45) is 5.38. The molecule has 0 amide bonds. The minimum atomic E-state index is -0.806. The third kappa shape index (κ3) is 4.35. The SMILES string of the molecule is C[C@H]1[C@@H](OCCc2cn(COc3cc(=O)oc4ccccc34)nn2)O[C@@H]2O[C@@]3(C)CC[C@H]4[C@H](C)CC[C@@H]1[C@@]24OO3. The second-order valence-electron chi connectivity index (χ2n) is 11.8. The van der Waals surface area contributed by atoms with E-state index < -0.39 is 29.6 Å². The van der Waals surface area contributed by atoms with Crippen molar-refractivity contribution >= 4 is 11.0 Å². The van der Waals surface area contributed by atoms with Crippen LogP contribution in [0.4, 0.5) is 0 Å². The summed E-state index contributed by atoms with van der Waals surface area (Å²) in [6, 6.07) is 8.57. The van der Waals surface area contributed by atoms with Crippen molar-refractivity contribution in [3.05, 3.63) is 52.6 Å². The maximum Gasteiger partial charge on any atom is 0.339 e. The molecule has 2 aromatic heterocycles. The first kappa shape index (κ1) is 26.1. The van der Waals surface area contributed by atoms with Gasteiger partial charge in [-0.2, -0.15) is 0 Å². The smallest absolute Gasteiger partial charge is 0.339 e. The summed E-state index contributed by atoms with van der Waals surface area (Å²) in [5, 5.41) is 9.14. The van der Waals surface area contributed by atoms with Crippen LogP contribution < -0.4 is 10.4 Å². The summed E-state index contributed by atoms with van der Waals surface area (Å²) in [6.45, 7) is 6.93. The second-order valence-corrected chi connectivity index (χ2v) is 11.8. The lowest BCUT2D eigenvalue weighted by molar-refractivity contribution is -0.577. The molecule has 8 rings (SSSR count). The number of aromatic nitrogens is 3. The molecule has 2 bridgehead atoms. The zero-order chi connectivity index (χ0) is 27.5. The van der Waals surface area contributed by atoms with Gasteiger partial charge >= 0.3 is 5.63 Å². The Labute approximate surface area is 231 Å². The Hall–Kier alpha value is -2.83. The quantitative estimate of drug-likeness (QED) is 0.311. The van der Waals surface area contributed by atoms with Crippen molar-refractivity contribution in [3.63, 3.8) is 0 Å². The molecule has 8 atom stereocenters. The van der Waals surface area contributed by atoms with Gasteiger partial charge in [0, 0.05) is 24.7 Å². The molecule has 3 aromatic rings. The number of hydrogen-bond acceptors (Lipinski definition) is 10. The maximum atomic E-state index is 11.9. The summed E-state index contributed by atoms with van der Waals surface area (Å²) >= 11 is 0. The highest BCUT2D eigenvalue weighted by molar-refractivity contribution is 5.82. The molecule has 40 heavy (non-hydrogen) atoms. The summed E-state index contributed by atoms with van der Waals surface area (Å²) in [5.41, 5.74) is 0.172. The van der Waals surface area contributed by atoms with Crippen LogP contribution in [0.3, 0.4) is 0 Å². The van der Waals surface area contributed by atoms with Crippen molar-refractivity contribution in [2.75, 3.05) is 6.61 Å². The molecule has 1 aromatic carbocycles. The average molecular weight is 554 g/mol. The average Bonchev–Trinajstić information content (AvgIpc) is 3.27. The van der Waals surface area contributed by atoms with Gasteiger partial charge in [-0.1, -0.05) is 31.2 Å². The molecule has 1 aliphatic carbocycles. The van der Waals surface area contributed by atoms with Crippen LogP contribution in [0, 0.1) is 23.7 Å². The van der Waals surface area contributed by atoms with Gasteiger partial charge in [-0.25, -0.2) is 19.3 Å². The Morgan fingerprint density at radius 3 is 2.90 bits per heavy atom. The van der Waals surface area contributed by atoms with E-state index in [2.05, 4.69) is 24.2 Å². The Morgan fingerprint density at radius 1 is 1.12 bits per heavy atom. The van der Waals surface area contributed by atoms with E-state index in [4.69, 9.17) is 33.1 Å². The number of ether oxygens (including phenoxy) is 4. The van der Waals surface area contributed by atoms with Gasteiger partial charge in [0.1, 0.15) is 11.3 Å². The fraction of sp³-hybridized carbons (Fsp3) is 0.621. The molecular weight excluding hydrogens is 518 g/mol. The van der Waals surface area contributed by atoms with E-state index >= 15 is 0 Å². The molecule has 5 aliphatic rings. The topological polar surface area (TPSA) is 116 Å². The number of benzene rings is 1. The zero-order valence-electron chi connectivity index (χ0n) is 23.0. The highest BCUT2D eigenvalue weighted by atomic mass is 17.3. The molecule has 214 valence electrons. The van der Waals surface area contributed by atoms with E-state index in [9.17, 15) is 4.79 Å². The molecule has 4 saturated heterocycles. The first-order valence-electron chi connectivity index (χ1n) is 14.2. The lowest BCUT2D eigenvalue weighted by Crippen LogP contribution is -2.70. The molecule has 5 fully saturated rings. The molecule has 0 N–H and O–H groups in total. The van der Waals surface area contributed by atoms with Gasteiger partial charge in [0.05, 0.1) is 30.0 Å². The Morgan fingerprint density at radius 2 is 2.00 bits per heavy atom. The van der Waals surface area contributed by atoms with Crippen molar-refractivity contribution in [1.29, 1.82) is 0 Å². The van der Waals surface area contributed by atoms with E-state index in [1.807, 2.05) is 25.3 Å². The van der Waals surface area contributed by atoms with E-state index in [1.54, 1.807) is 16.8 Å². The molecule has 1 saturated carbocycles. The van der Waals surface area contributed by atoms with Crippen molar-refractivity contribution < 1.29 is 33.1 Å². The monoisotopic (exact) mass is 553 g/mol. The largest absolute Gasteiger partial charge is 0.470 e. The fourth-order valence-corrected chi connectivity index (χ4v) is 7.20. The van der Waals surface area contributed by atoms with Crippen LogP contribution in [-0.2, 0) is 37.1 Å². The third-order valence-electron chi connectivity index (χ3n) is 9.29. The Bertz CT molecular complexity index is 1440. The Balaban J connectivity index is 0.986. The van der Waals surface area contributed by atoms with Crippen LogP contribution >= 0.6 is 0 Å². The molecule has 1 spiro atoms. The van der Waals surface area contributed by atoms with Gasteiger partial charge < -0.3 is 23.4 Å². The van der Waals surface area contributed by atoms with E-state index in [-0.39, 0.29) is 18.6 Å². The standard InChI is InChI=1S/C29H35N3O8/c1-17-8-9-22-18(2)26(37-27-29(22)21(17)10-12-28(3,38-27)39-40-29)34-13-11-19-15-32(31-30-19)16-35-24-14-25(33)36-23-7-5-4-6-20(23)24/h4-7,14-15,17-18,21-22,26-27H,8-13,16H2,1-3H3/t17-,18-,21+,22+,26+,27-,28-,29-/m1/s1. The van der Waals surface area contributed by atoms with Gasteiger partial charge in [0.2, 0.25) is 5.79 Å². The molecule has 0 radical (unpaired) electrons. The summed E-state index contributed by atoms with van der Waals surface area (Å²) in [4.78, 5) is 24.0. The minimum absolute atomic E-state index is 0.104. The van der Waals surface area contributed by atoms with E-state index in [0.29, 0.717) is 36.2 Å². The maximum absolute atomic E-state index is 11.9. The van der Waals surface area contributed by atoms with Crippen LogP contribution in [0.2, 0.25) is 0 Å². The van der Waals surface area contributed by atoms with Crippen LogP contribution in [0.25, 0.3) is 11.0 Å². The predicted molar refractivity (Wildman–Crippen MR) is 140 cm³/mol. The molecule has 11 heteroatoms. The first-order valence-corrected chi connectivity index (χ1v) is 14.2. The highest BCUT2D eigenvalue weighted by Gasteiger charge is 2.69. The number of para-hydroxylation sites is 1. The van der Waals surface area contributed by atoms with Gasteiger partial charge in [-0.3, -0.25) is 0 Å². The van der Waals surface area contributed by atoms with Gasteiger partial charge in [-0.05, 0) is 50.2 Å². The number of rotatable bonds is 7. The normalized spacial score (nSPS) is 36.8. The van der Waals surface area contributed by atoms with Crippen molar-refractivity contribution in [3.8, 4) is 5.75 Å². The van der Waals surface area contributed by atoms with Crippen LogP contribution in [0.15, 0.2) is 45.7 Å². The molecule has 4 aliphatic heterocycles. The van der Waals surface area contributed by atoms with Crippen molar-refractivity contribution in [2.24, 2.45) is 23.7 Å². The van der Waals surface area contributed by atoms with Gasteiger partial charge in [0.25, 0.3) is 0 Å². The first-order chi connectivity index (χ1) is 19.3. The van der Waals surface area contributed by atoms with Crippen LogP contribution in [0.1, 0.15) is 52.1 Å². The van der Waals surface area contributed by atoms with Crippen LogP contribution in [-0.4, -0.2) is 45.6 Å². The van der Waals surface area contributed by atoms with Crippen LogP contribution in [0.5, 0.6) is 5.75 Å². The Kier molecular flexibility index (Phi) is 6.47. The molecule has 0 unspecified atom stereocenters. The number of nitrogens with zero attached hydrogens (tertiary/aromatic N) is 3. The number of hydrogen-bond donors (Lipinski definition) is 0. The minimum Gasteiger partial charge on any atom is -0.470 e. The van der Waals surface area contributed by atoms with Crippen molar-refractivity contribution in [1.82, 2.24) is 15.0 Å². The van der Waals surface area contributed by atoms with E-state index in [1.165, 1.54) is 6.07 Å². The summed E-state index contributed by atoms with van der Waals surface area (Å²) in [7, 11) is 0. The molecule has 11 nitrogen and oxygen atoms in total. The molecular formula is C29H35N3O8.